The van der Waals surface area contributed by atoms with Crippen molar-refractivity contribution in [2.24, 2.45) is 5.92 Å². The van der Waals surface area contributed by atoms with Gasteiger partial charge in [0.1, 0.15) is 0 Å². The molecule has 8 heteroatoms. The Morgan fingerprint density at radius 3 is 2.76 bits per heavy atom. The molecule has 0 bridgehead atoms. The Bertz CT molecular complexity index is 891. The van der Waals surface area contributed by atoms with Gasteiger partial charge in [-0.05, 0) is 24.3 Å². The van der Waals surface area contributed by atoms with Crippen molar-refractivity contribution in [1.29, 1.82) is 0 Å². The van der Waals surface area contributed by atoms with Crippen LogP contribution in [0.5, 0.6) is 0 Å². The number of aromatic nitrogens is 4. The molecule has 0 unspecified atom stereocenters. The monoisotopic (exact) mass is 375 g/mol. The number of hydrogen-bond acceptors (Lipinski definition) is 7. The highest BCUT2D eigenvalue weighted by atomic mass is 32.2. The van der Waals surface area contributed by atoms with Gasteiger partial charge in [0.15, 0.2) is 4.34 Å². The van der Waals surface area contributed by atoms with E-state index in [0.717, 1.165) is 28.8 Å². The first-order chi connectivity index (χ1) is 12.0. The van der Waals surface area contributed by atoms with Gasteiger partial charge in [0.05, 0.1) is 11.4 Å². The van der Waals surface area contributed by atoms with Crippen LogP contribution < -0.4 is 5.56 Å². The number of rotatable bonds is 7. The number of nitrogens with zero attached hydrogens (tertiary/aromatic N) is 5. The third-order valence-corrected chi connectivity index (χ3v) is 5.46. The largest absolute Gasteiger partial charge is 0.291 e. The van der Waals surface area contributed by atoms with E-state index in [4.69, 9.17) is 0 Å². The van der Waals surface area contributed by atoms with E-state index in [9.17, 15) is 4.79 Å². The van der Waals surface area contributed by atoms with Gasteiger partial charge in [-0.2, -0.15) is 4.52 Å². The third kappa shape index (κ3) is 4.65. The Hall–Kier alpha value is -1.77. The summed E-state index contributed by atoms with van der Waals surface area (Å²) in [4.78, 5) is 24.3. The number of hydrogen-bond donors (Lipinski definition) is 0. The molecule has 132 valence electrons. The fraction of sp³-hybridized carbons (Fsp3) is 0.412. The van der Waals surface area contributed by atoms with Crippen LogP contribution in [0.2, 0.25) is 0 Å². The average Bonchev–Trinajstić information content (AvgIpc) is 2.99. The molecule has 0 N–H and O–H groups in total. The van der Waals surface area contributed by atoms with Gasteiger partial charge in [0, 0.05) is 31.9 Å². The SMILES string of the molecule is CSc1nn2c(=O)cc(CN(Cc3ccccn3)CC(C)C)nc2s1. The Morgan fingerprint density at radius 1 is 1.28 bits per heavy atom. The van der Waals surface area contributed by atoms with Crippen molar-refractivity contribution in [2.45, 2.75) is 31.3 Å². The molecule has 0 aliphatic carbocycles. The maximum absolute atomic E-state index is 12.3. The second-order valence-corrected chi connectivity index (χ2v) is 8.25. The molecule has 3 aromatic heterocycles. The van der Waals surface area contributed by atoms with Crippen molar-refractivity contribution in [3.8, 4) is 0 Å². The molecule has 0 aromatic carbocycles. The molecule has 0 spiro atoms. The summed E-state index contributed by atoms with van der Waals surface area (Å²) in [5.74, 6) is 0.514. The summed E-state index contributed by atoms with van der Waals surface area (Å²) in [6.07, 6.45) is 3.75. The molecule has 0 aliphatic heterocycles. The van der Waals surface area contributed by atoms with Gasteiger partial charge < -0.3 is 0 Å². The average molecular weight is 376 g/mol. The van der Waals surface area contributed by atoms with Crippen LogP contribution >= 0.6 is 23.1 Å². The molecule has 0 saturated heterocycles. The maximum Gasteiger partial charge on any atom is 0.275 e. The van der Waals surface area contributed by atoms with Gasteiger partial charge in [-0.1, -0.05) is 43.0 Å². The fourth-order valence-electron chi connectivity index (χ4n) is 2.65. The number of thioether (sulfide) groups is 1. The molecule has 6 nitrogen and oxygen atoms in total. The maximum atomic E-state index is 12.3. The summed E-state index contributed by atoms with van der Waals surface area (Å²) in [5, 5.41) is 4.27. The summed E-state index contributed by atoms with van der Waals surface area (Å²) in [6.45, 7) is 6.64. The van der Waals surface area contributed by atoms with Crippen LogP contribution in [-0.2, 0) is 13.1 Å². The minimum Gasteiger partial charge on any atom is -0.291 e. The van der Waals surface area contributed by atoms with Crippen molar-refractivity contribution in [3.63, 3.8) is 0 Å². The van der Waals surface area contributed by atoms with E-state index in [1.54, 1.807) is 12.3 Å². The van der Waals surface area contributed by atoms with E-state index < -0.39 is 0 Å². The highest BCUT2D eigenvalue weighted by Gasteiger charge is 2.14. The van der Waals surface area contributed by atoms with Crippen molar-refractivity contribution in [2.75, 3.05) is 12.8 Å². The highest BCUT2D eigenvalue weighted by Crippen LogP contribution is 2.20. The van der Waals surface area contributed by atoms with Gasteiger partial charge in [-0.25, -0.2) is 4.98 Å². The van der Waals surface area contributed by atoms with Crippen LogP contribution in [0, 0.1) is 5.92 Å². The summed E-state index contributed by atoms with van der Waals surface area (Å²) < 4.78 is 2.22. The van der Waals surface area contributed by atoms with Gasteiger partial charge in [-0.15, -0.1) is 5.10 Å². The van der Waals surface area contributed by atoms with Crippen molar-refractivity contribution in [1.82, 2.24) is 24.5 Å². The van der Waals surface area contributed by atoms with E-state index >= 15 is 0 Å². The zero-order chi connectivity index (χ0) is 17.8. The lowest BCUT2D eigenvalue weighted by Gasteiger charge is -2.23. The molecular formula is C17H21N5OS2. The van der Waals surface area contributed by atoms with Gasteiger partial charge in [-0.3, -0.25) is 14.7 Å². The second kappa shape index (κ2) is 8.07. The minimum atomic E-state index is -0.126. The first-order valence-corrected chi connectivity index (χ1v) is 10.2. The lowest BCUT2D eigenvalue weighted by molar-refractivity contribution is 0.222. The Labute approximate surface area is 154 Å². The molecular weight excluding hydrogens is 354 g/mol. The topological polar surface area (TPSA) is 63.4 Å². The van der Waals surface area contributed by atoms with Crippen LogP contribution in [0.25, 0.3) is 4.96 Å². The molecule has 3 rings (SSSR count). The van der Waals surface area contributed by atoms with Crippen LogP contribution in [0.4, 0.5) is 0 Å². The Balaban J connectivity index is 1.85. The Kier molecular flexibility index (Phi) is 5.82. The summed E-state index contributed by atoms with van der Waals surface area (Å²) in [6, 6.07) is 7.52. The van der Waals surface area contributed by atoms with E-state index in [1.165, 1.54) is 27.6 Å². The van der Waals surface area contributed by atoms with Crippen molar-refractivity contribution in [3.05, 3.63) is 52.2 Å². The van der Waals surface area contributed by atoms with Gasteiger partial charge >= 0.3 is 0 Å². The van der Waals surface area contributed by atoms with E-state index in [1.807, 2.05) is 24.5 Å². The molecule has 0 amide bonds. The lowest BCUT2D eigenvalue weighted by Crippen LogP contribution is -2.29. The molecule has 0 radical (unpaired) electrons. The lowest BCUT2D eigenvalue weighted by atomic mass is 10.2. The first kappa shape index (κ1) is 18.0. The van der Waals surface area contributed by atoms with E-state index in [0.29, 0.717) is 17.4 Å². The number of pyridine rings is 1. The fourth-order valence-corrected chi connectivity index (χ4v) is 4.03. The first-order valence-electron chi connectivity index (χ1n) is 8.11. The van der Waals surface area contributed by atoms with Gasteiger partial charge in [0.25, 0.3) is 5.56 Å². The standard InChI is InChI=1S/C17H21N5OS2/c1-12(2)9-21(10-13-6-4-5-7-18-13)11-14-8-15(23)22-16(19-14)25-17(20-22)24-3/h4-8,12H,9-11H2,1-3H3. The molecule has 0 saturated carbocycles. The predicted octanol–water partition coefficient (Wildman–Crippen LogP) is 2.93. The molecule has 0 aliphatic rings. The minimum absolute atomic E-state index is 0.126. The summed E-state index contributed by atoms with van der Waals surface area (Å²) in [7, 11) is 0. The smallest absolute Gasteiger partial charge is 0.275 e. The van der Waals surface area contributed by atoms with Crippen LogP contribution in [0.3, 0.4) is 0 Å². The van der Waals surface area contributed by atoms with Crippen molar-refractivity contribution >= 4 is 28.1 Å². The quantitative estimate of drug-likeness (QED) is 0.592. The van der Waals surface area contributed by atoms with Crippen LogP contribution in [-0.4, -0.2) is 37.3 Å². The van der Waals surface area contributed by atoms with Crippen LogP contribution in [0.15, 0.2) is 39.6 Å². The Morgan fingerprint density at radius 2 is 2.08 bits per heavy atom. The molecule has 3 heterocycles. The second-order valence-electron chi connectivity index (χ2n) is 6.24. The molecule has 3 aromatic rings. The van der Waals surface area contributed by atoms with Gasteiger partial charge in [0.2, 0.25) is 4.96 Å². The van der Waals surface area contributed by atoms with Crippen molar-refractivity contribution < 1.29 is 0 Å². The zero-order valence-electron chi connectivity index (χ0n) is 14.5. The van der Waals surface area contributed by atoms with Crippen LogP contribution in [0.1, 0.15) is 25.2 Å². The van der Waals surface area contributed by atoms with E-state index in [-0.39, 0.29) is 5.56 Å². The third-order valence-electron chi connectivity index (χ3n) is 3.57. The summed E-state index contributed by atoms with van der Waals surface area (Å²) in [5.41, 5.74) is 1.67. The molecule has 0 atom stereocenters. The number of fused-ring (bicyclic) bond motifs is 1. The predicted molar refractivity (Wildman–Crippen MR) is 102 cm³/mol. The summed E-state index contributed by atoms with van der Waals surface area (Å²) >= 11 is 2.97. The molecule has 25 heavy (non-hydrogen) atoms. The molecule has 0 fully saturated rings. The normalized spacial score (nSPS) is 11.7. The zero-order valence-corrected chi connectivity index (χ0v) is 16.2. The van der Waals surface area contributed by atoms with E-state index in [2.05, 4.69) is 33.8 Å². The highest BCUT2D eigenvalue weighted by molar-refractivity contribution is 8.00.